The second-order valence-electron chi connectivity index (χ2n) is 4.67. The van der Waals surface area contributed by atoms with E-state index in [4.69, 9.17) is 11.6 Å². The van der Waals surface area contributed by atoms with Gasteiger partial charge in [0.05, 0.1) is 11.1 Å². The Bertz CT molecular complexity index is 583. The van der Waals surface area contributed by atoms with Gasteiger partial charge >= 0.3 is 0 Å². The number of halogens is 2. The molecular formula is C12H15ClFNO3S. The summed E-state index contributed by atoms with van der Waals surface area (Å²) >= 11 is 5.84. The van der Waals surface area contributed by atoms with Crippen LogP contribution in [0.15, 0.2) is 17.0 Å². The smallest absolute Gasteiger partial charge is 0.244 e. The molecule has 0 unspecified atom stereocenters. The quantitative estimate of drug-likeness (QED) is 0.908. The van der Waals surface area contributed by atoms with Gasteiger partial charge in [0.2, 0.25) is 10.0 Å². The van der Waals surface area contributed by atoms with E-state index in [0.717, 1.165) is 6.07 Å². The molecule has 1 aliphatic heterocycles. The number of aryl methyl sites for hydroxylation is 1. The molecule has 1 N–H and O–H groups in total. The first-order valence-electron chi connectivity index (χ1n) is 5.96. The number of piperidine rings is 1. The summed E-state index contributed by atoms with van der Waals surface area (Å²) in [6.45, 7) is 1.98. The lowest BCUT2D eigenvalue weighted by atomic mass is 10.1. The lowest BCUT2D eigenvalue weighted by Crippen LogP contribution is -2.40. The van der Waals surface area contributed by atoms with Crippen LogP contribution in [0.5, 0.6) is 0 Å². The van der Waals surface area contributed by atoms with Crippen molar-refractivity contribution in [1.29, 1.82) is 0 Å². The molecule has 2 rings (SSSR count). The van der Waals surface area contributed by atoms with Crippen LogP contribution in [0.25, 0.3) is 0 Å². The normalized spacial score (nSPS) is 18.7. The molecule has 0 amide bonds. The van der Waals surface area contributed by atoms with Crippen molar-refractivity contribution in [3.05, 3.63) is 28.5 Å². The van der Waals surface area contributed by atoms with Crippen molar-refractivity contribution in [2.24, 2.45) is 0 Å². The van der Waals surface area contributed by atoms with E-state index in [0.29, 0.717) is 12.8 Å². The zero-order valence-electron chi connectivity index (χ0n) is 10.4. The summed E-state index contributed by atoms with van der Waals surface area (Å²) in [5, 5.41) is 9.28. The maximum absolute atomic E-state index is 13.3. The van der Waals surface area contributed by atoms with Gasteiger partial charge in [-0.1, -0.05) is 11.6 Å². The van der Waals surface area contributed by atoms with Crippen molar-refractivity contribution in [1.82, 2.24) is 4.31 Å². The molecule has 19 heavy (non-hydrogen) atoms. The van der Waals surface area contributed by atoms with Crippen LogP contribution in [0, 0.1) is 12.7 Å². The van der Waals surface area contributed by atoms with E-state index in [1.165, 1.54) is 17.3 Å². The average molecular weight is 308 g/mol. The van der Waals surface area contributed by atoms with Crippen molar-refractivity contribution in [2.45, 2.75) is 30.8 Å². The molecule has 0 aliphatic carbocycles. The largest absolute Gasteiger partial charge is 0.393 e. The van der Waals surface area contributed by atoms with Gasteiger partial charge in [-0.3, -0.25) is 0 Å². The molecule has 1 aliphatic rings. The van der Waals surface area contributed by atoms with Gasteiger partial charge in [-0.15, -0.1) is 0 Å². The summed E-state index contributed by atoms with van der Waals surface area (Å²) in [5.74, 6) is -0.530. The number of hydrogen-bond donors (Lipinski definition) is 1. The van der Waals surface area contributed by atoms with E-state index in [1.807, 2.05) is 0 Å². The monoisotopic (exact) mass is 307 g/mol. The predicted octanol–water partition coefficient (Wildman–Crippen LogP) is 1.93. The fourth-order valence-electron chi connectivity index (χ4n) is 2.05. The number of hydrogen-bond acceptors (Lipinski definition) is 3. The molecule has 0 radical (unpaired) electrons. The first kappa shape index (κ1) is 14.7. The van der Waals surface area contributed by atoms with Crippen molar-refractivity contribution in [3.63, 3.8) is 0 Å². The molecule has 1 fully saturated rings. The molecule has 0 spiro atoms. The molecule has 1 aromatic rings. The van der Waals surface area contributed by atoms with Gasteiger partial charge in [-0.2, -0.15) is 4.31 Å². The van der Waals surface area contributed by atoms with E-state index in [1.54, 1.807) is 0 Å². The molecule has 0 aromatic heterocycles. The third-order valence-corrected chi connectivity index (χ3v) is 5.62. The van der Waals surface area contributed by atoms with Crippen LogP contribution in [-0.4, -0.2) is 37.0 Å². The number of rotatable bonds is 2. The number of aliphatic hydroxyl groups excluding tert-OH is 1. The third-order valence-electron chi connectivity index (χ3n) is 3.25. The van der Waals surface area contributed by atoms with Crippen molar-refractivity contribution in [2.75, 3.05) is 13.1 Å². The minimum atomic E-state index is -3.73. The van der Waals surface area contributed by atoms with Crippen LogP contribution in [0.4, 0.5) is 4.39 Å². The van der Waals surface area contributed by atoms with Crippen molar-refractivity contribution >= 4 is 21.6 Å². The highest BCUT2D eigenvalue weighted by Gasteiger charge is 2.30. The maximum Gasteiger partial charge on any atom is 0.244 e. The van der Waals surface area contributed by atoms with Crippen LogP contribution in [-0.2, 0) is 10.0 Å². The van der Waals surface area contributed by atoms with Crippen LogP contribution < -0.4 is 0 Å². The molecule has 0 bridgehead atoms. The summed E-state index contributed by atoms with van der Waals surface area (Å²) < 4.78 is 39.4. The summed E-state index contributed by atoms with van der Waals surface area (Å²) in [5.41, 5.74) is 0.236. The van der Waals surface area contributed by atoms with Crippen LogP contribution in [0.2, 0.25) is 5.02 Å². The minimum absolute atomic E-state index is 0.0792. The summed E-state index contributed by atoms with van der Waals surface area (Å²) in [6, 6.07) is 2.26. The number of nitrogens with zero attached hydrogens (tertiary/aromatic N) is 1. The Labute approximate surface area is 116 Å². The molecule has 1 heterocycles. The Kier molecular flexibility index (Phi) is 4.15. The zero-order chi connectivity index (χ0) is 14.2. The van der Waals surface area contributed by atoms with Gasteiger partial charge < -0.3 is 5.11 Å². The topological polar surface area (TPSA) is 57.6 Å². The second-order valence-corrected chi connectivity index (χ2v) is 6.98. The second kappa shape index (κ2) is 5.36. The van der Waals surface area contributed by atoms with E-state index >= 15 is 0 Å². The van der Waals surface area contributed by atoms with E-state index in [-0.39, 0.29) is 28.6 Å². The first-order chi connectivity index (χ1) is 8.82. The number of sulfonamides is 1. The van der Waals surface area contributed by atoms with Gasteiger partial charge in [0, 0.05) is 13.1 Å². The molecule has 7 heteroatoms. The lowest BCUT2D eigenvalue weighted by Gasteiger charge is -2.29. The molecule has 1 aromatic carbocycles. The molecule has 0 saturated carbocycles. The third kappa shape index (κ3) is 2.91. The van der Waals surface area contributed by atoms with E-state index in [2.05, 4.69) is 0 Å². The fraction of sp³-hybridized carbons (Fsp3) is 0.500. The highest BCUT2D eigenvalue weighted by molar-refractivity contribution is 7.89. The van der Waals surface area contributed by atoms with Gasteiger partial charge in [-0.25, -0.2) is 12.8 Å². The molecular weight excluding hydrogens is 293 g/mol. The minimum Gasteiger partial charge on any atom is -0.393 e. The molecule has 1 saturated heterocycles. The highest BCUT2D eigenvalue weighted by atomic mass is 35.5. The highest BCUT2D eigenvalue weighted by Crippen LogP contribution is 2.29. The van der Waals surface area contributed by atoms with Crippen LogP contribution in [0.3, 0.4) is 0 Å². The number of aliphatic hydroxyl groups is 1. The summed E-state index contributed by atoms with van der Waals surface area (Å²) in [6.07, 6.45) is 0.338. The van der Waals surface area contributed by atoms with E-state index < -0.39 is 21.9 Å². The predicted molar refractivity (Wildman–Crippen MR) is 70.1 cm³/mol. The Hall–Kier alpha value is -0.690. The molecule has 0 atom stereocenters. The van der Waals surface area contributed by atoms with Gasteiger partial charge in [0.25, 0.3) is 0 Å². The number of benzene rings is 1. The van der Waals surface area contributed by atoms with Gasteiger partial charge in [0.1, 0.15) is 10.7 Å². The molecule has 4 nitrogen and oxygen atoms in total. The van der Waals surface area contributed by atoms with Crippen molar-refractivity contribution in [3.8, 4) is 0 Å². The Balaban J connectivity index is 2.37. The zero-order valence-corrected chi connectivity index (χ0v) is 12.0. The summed E-state index contributed by atoms with van der Waals surface area (Å²) in [7, 11) is -3.73. The van der Waals surface area contributed by atoms with Crippen LogP contribution in [0.1, 0.15) is 18.4 Å². The van der Waals surface area contributed by atoms with E-state index in [9.17, 15) is 17.9 Å². The Morgan fingerprint density at radius 2 is 1.95 bits per heavy atom. The fourth-order valence-corrected chi connectivity index (χ4v) is 4.09. The summed E-state index contributed by atoms with van der Waals surface area (Å²) in [4.78, 5) is -0.0792. The maximum atomic E-state index is 13.3. The average Bonchev–Trinajstić information content (AvgIpc) is 2.34. The lowest BCUT2D eigenvalue weighted by molar-refractivity contribution is 0.113. The van der Waals surface area contributed by atoms with Gasteiger partial charge in [-0.05, 0) is 37.5 Å². The van der Waals surface area contributed by atoms with Crippen LogP contribution >= 0.6 is 11.6 Å². The van der Waals surface area contributed by atoms with Gasteiger partial charge in [0.15, 0.2) is 0 Å². The first-order valence-corrected chi connectivity index (χ1v) is 7.78. The molecule has 106 valence electrons. The standard InChI is InChI=1S/C12H15ClFNO3S/c1-8-6-12(10(13)7-11(8)14)19(17,18)15-4-2-9(16)3-5-15/h6-7,9,16H,2-5H2,1H3. The Morgan fingerprint density at radius 3 is 2.53 bits per heavy atom. The SMILES string of the molecule is Cc1cc(S(=O)(=O)N2CCC(O)CC2)c(Cl)cc1F. The Morgan fingerprint density at radius 1 is 1.37 bits per heavy atom. The van der Waals surface area contributed by atoms with Crippen molar-refractivity contribution < 1.29 is 17.9 Å².